The van der Waals surface area contributed by atoms with Gasteiger partial charge in [0.15, 0.2) is 11.5 Å². The molecule has 0 aliphatic carbocycles. The van der Waals surface area contributed by atoms with Crippen molar-refractivity contribution in [3.05, 3.63) is 52.9 Å². The quantitative estimate of drug-likeness (QED) is 0.432. The molecule has 2 aromatic rings. The van der Waals surface area contributed by atoms with E-state index in [1.807, 2.05) is 0 Å². The SMILES string of the molecule is COc1ccc(/C=C2\SC(=S)N(C(C)C(=O)Nc3ccc(S(N)(=O)=O)cc3)C2=O)cc1OC. The number of benzene rings is 2. The molecule has 9 nitrogen and oxygen atoms in total. The van der Waals surface area contributed by atoms with Gasteiger partial charge in [-0.3, -0.25) is 14.5 Å². The lowest BCUT2D eigenvalue weighted by Crippen LogP contribution is -2.44. The zero-order valence-corrected chi connectivity index (χ0v) is 20.3. The van der Waals surface area contributed by atoms with Crippen molar-refractivity contribution < 1.29 is 27.5 Å². The first kappa shape index (κ1) is 24.7. The fourth-order valence-corrected chi connectivity index (χ4v) is 4.93. The Balaban J connectivity index is 1.75. The Kier molecular flexibility index (Phi) is 7.42. The van der Waals surface area contributed by atoms with Gasteiger partial charge in [-0.05, 0) is 55.0 Å². The van der Waals surface area contributed by atoms with Crippen LogP contribution < -0.4 is 19.9 Å². The minimum Gasteiger partial charge on any atom is -0.493 e. The topological polar surface area (TPSA) is 128 Å². The number of anilines is 1. The Labute approximate surface area is 201 Å². The molecule has 1 aliphatic rings. The van der Waals surface area contributed by atoms with Crippen LogP contribution in [-0.2, 0) is 19.6 Å². The number of primary sulfonamides is 1. The van der Waals surface area contributed by atoms with Crippen molar-refractivity contribution in [3.8, 4) is 11.5 Å². The normalized spacial score (nSPS) is 16.1. The number of amides is 2. The van der Waals surface area contributed by atoms with Crippen LogP contribution in [0.2, 0.25) is 0 Å². The highest BCUT2D eigenvalue weighted by Gasteiger charge is 2.38. The second-order valence-corrected chi connectivity index (χ2v) is 10.1. The zero-order valence-electron chi connectivity index (χ0n) is 17.9. The highest BCUT2D eigenvalue weighted by atomic mass is 32.2. The van der Waals surface area contributed by atoms with Gasteiger partial charge in [-0.25, -0.2) is 13.6 Å². The summed E-state index contributed by atoms with van der Waals surface area (Å²) in [5.41, 5.74) is 1.06. The number of thiocarbonyl (C=S) groups is 1. The third-order valence-electron chi connectivity index (χ3n) is 4.75. The summed E-state index contributed by atoms with van der Waals surface area (Å²) in [4.78, 5) is 27.2. The third kappa shape index (κ3) is 5.53. The van der Waals surface area contributed by atoms with Crippen molar-refractivity contribution >= 4 is 61.9 Å². The number of hydrogen-bond acceptors (Lipinski definition) is 8. The van der Waals surface area contributed by atoms with Crippen LogP contribution in [0, 0.1) is 0 Å². The maximum atomic E-state index is 13.0. The smallest absolute Gasteiger partial charge is 0.266 e. The summed E-state index contributed by atoms with van der Waals surface area (Å²) in [6, 6.07) is 9.70. The van der Waals surface area contributed by atoms with Crippen molar-refractivity contribution in [2.75, 3.05) is 19.5 Å². The van der Waals surface area contributed by atoms with E-state index >= 15 is 0 Å². The molecule has 1 saturated heterocycles. The Hall–Kier alpha value is -2.93. The third-order valence-corrected chi connectivity index (χ3v) is 7.01. The van der Waals surface area contributed by atoms with Crippen LogP contribution in [0.3, 0.4) is 0 Å². The van der Waals surface area contributed by atoms with E-state index in [1.54, 1.807) is 31.2 Å². The van der Waals surface area contributed by atoms with Crippen molar-refractivity contribution in [3.63, 3.8) is 0 Å². The standard InChI is InChI=1S/C21H21N3O6S3/c1-12(19(25)23-14-5-7-15(8-6-14)33(22,27)28)24-20(26)18(32-21(24)31)11-13-4-9-16(29-2)17(10-13)30-3/h4-12H,1-3H3,(H,23,25)(H2,22,27,28)/b18-11-. The van der Waals surface area contributed by atoms with E-state index in [0.29, 0.717) is 27.7 Å². The molecule has 0 bridgehead atoms. The molecule has 1 fully saturated rings. The molecular weight excluding hydrogens is 486 g/mol. The molecule has 174 valence electrons. The summed E-state index contributed by atoms with van der Waals surface area (Å²) in [6.45, 7) is 1.55. The molecule has 2 aromatic carbocycles. The number of methoxy groups -OCH3 is 2. The maximum absolute atomic E-state index is 13.0. The van der Waals surface area contributed by atoms with E-state index in [0.717, 1.165) is 11.8 Å². The van der Waals surface area contributed by atoms with Gasteiger partial charge < -0.3 is 14.8 Å². The van der Waals surface area contributed by atoms with Crippen molar-refractivity contribution in [1.82, 2.24) is 4.90 Å². The lowest BCUT2D eigenvalue weighted by molar-refractivity contribution is -0.129. The number of sulfonamides is 1. The molecule has 1 aliphatic heterocycles. The van der Waals surface area contributed by atoms with Crippen LogP contribution in [0.15, 0.2) is 52.3 Å². The Morgan fingerprint density at radius 2 is 1.79 bits per heavy atom. The van der Waals surface area contributed by atoms with Crippen LogP contribution in [0.5, 0.6) is 11.5 Å². The first-order chi connectivity index (χ1) is 15.5. The number of thioether (sulfide) groups is 1. The second-order valence-electron chi connectivity index (χ2n) is 6.90. The van der Waals surface area contributed by atoms with Gasteiger partial charge in [-0.1, -0.05) is 30.0 Å². The maximum Gasteiger partial charge on any atom is 0.266 e. The van der Waals surface area contributed by atoms with Gasteiger partial charge in [-0.2, -0.15) is 0 Å². The van der Waals surface area contributed by atoms with Gasteiger partial charge in [-0.15, -0.1) is 0 Å². The summed E-state index contributed by atoms with van der Waals surface area (Å²) < 4.78 is 33.5. The number of carbonyl (C=O) groups is 2. The van der Waals surface area contributed by atoms with E-state index in [4.69, 9.17) is 26.8 Å². The molecule has 0 saturated carbocycles. The monoisotopic (exact) mass is 507 g/mol. The molecule has 0 spiro atoms. The van der Waals surface area contributed by atoms with Crippen LogP contribution in [-0.4, -0.2) is 49.7 Å². The van der Waals surface area contributed by atoms with E-state index in [9.17, 15) is 18.0 Å². The fourth-order valence-electron chi connectivity index (χ4n) is 3.00. The number of carbonyl (C=O) groups excluding carboxylic acids is 2. The fraction of sp³-hybridized carbons (Fsp3) is 0.190. The van der Waals surface area contributed by atoms with Gasteiger partial charge >= 0.3 is 0 Å². The molecule has 3 N–H and O–H groups in total. The molecule has 1 atom stereocenters. The minimum absolute atomic E-state index is 0.0780. The lowest BCUT2D eigenvalue weighted by Gasteiger charge is -2.22. The predicted molar refractivity (Wildman–Crippen MR) is 130 cm³/mol. The van der Waals surface area contributed by atoms with E-state index in [1.165, 1.54) is 43.4 Å². The summed E-state index contributed by atoms with van der Waals surface area (Å²) in [5, 5.41) is 7.72. The van der Waals surface area contributed by atoms with Crippen LogP contribution in [0.4, 0.5) is 5.69 Å². The Morgan fingerprint density at radius 1 is 1.15 bits per heavy atom. The molecule has 1 heterocycles. The van der Waals surface area contributed by atoms with Gasteiger partial charge in [0.2, 0.25) is 15.9 Å². The molecule has 3 rings (SSSR count). The first-order valence-corrected chi connectivity index (χ1v) is 12.2. The molecule has 0 aromatic heterocycles. The number of nitrogens with one attached hydrogen (secondary N) is 1. The van der Waals surface area contributed by atoms with Crippen LogP contribution in [0.1, 0.15) is 12.5 Å². The molecular formula is C21H21N3O6S3. The average molecular weight is 508 g/mol. The van der Waals surface area contributed by atoms with Crippen molar-refractivity contribution in [2.45, 2.75) is 17.9 Å². The van der Waals surface area contributed by atoms with Gasteiger partial charge in [0.1, 0.15) is 10.4 Å². The van der Waals surface area contributed by atoms with Gasteiger partial charge in [0.05, 0.1) is 24.0 Å². The largest absolute Gasteiger partial charge is 0.493 e. The highest BCUT2D eigenvalue weighted by Crippen LogP contribution is 2.35. The van der Waals surface area contributed by atoms with Crippen molar-refractivity contribution in [2.24, 2.45) is 5.14 Å². The average Bonchev–Trinajstić information content (AvgIpc) is 3.05. The molecule has 1 unspecified atom stereocenters. The summed E-state index contributed by atoms with van der Waals surface area (Å²) in [6.07, 6.45) is 1.66. The molecule has 2 amide bonds. The lowest BCUT2D eigenvalue weighted by atomic mass is 10.1. The molecule has 33 heavy (non-hydrogen) atoms. The summed E-state index contributed by atoms with van der Waals surface area (Å²) in [5.74, 6) is 0.196. The van der Waals surface area contributed by atoms with Gasteiger partial charge in [0, 0.05) is 5.69 Å². The van der Waals surface area contributed by atoms with Crippen LogP contribution >= 0.6 is 24.0 Å². The summed E-state index contributed by atoms with van der Waals surface area (Å²) in [7, 11) is -0.790. The van der Waals surface area contributed by atoms with Gasteiger partial charge in [0.25, 0.3) is 5.91 Å². The van der Waals surface area contributed by atoms with E-state index in [-0.39, 0.29) is 9.22 Å². The highest BCUT2D eigenvalue weighted by molar-refractivity contribution is 8.26. The first-order valence-electron chi connectivity index (χ1n) is 9.48. The Bertz CT molecular complexity index is 1240. The zero-order chi connectivity index (χ0) is 24.3. The molecule has 12 heteroatoms. The van der Waals surface area contributed by atoms with E-state index in [2.05, 4.69) is 5.32 Å². The second kappa shape index (κ2) is 9.91. The number of ether oxygens (including phenoxy) is 2. The van der Waals surface area contributed by atoms with E-state index < -0.39 is 27.9 Å². The molecule has 0 radical (unpaired) electrons. The van der Waals surface area contributed by atoms with Crippen LogP contribution in [0.25, 0.3) is 6.08 Å². The predicted octanol–water partition coefficient (Wildman–Crippen LogP) is 2.58. The number of rotatable bonds is 7. The number of nitrogens with two attached hydrogens (primary N) is 1. The summed E-state index contributed by atoms with van der Waals surface area (Å²) >= 11 is 6.43. The van der Waals surface area contributed by atoms with Crippen molar-refractivity contribution in [1.29, 1.82) is 0 Å². The number of nitrogens with zero attached hydrogens (tertiary/aromatic N) is 1. The minimum atomic E-state index is -3.84. The number of hydrogen-bond donors (Lipinski definition) is 2. The Morgan fingerprint density at radius 3 is 2.36 bits per heavy atom.